The number of hydrogen-bond donors (Lipinski definition) is 1. The van der Waals surface area contributed by atoms with Crippen LogP contribution in [0.15, 0.2) is 12.1 Å². The van der Waals surface area contributed by atoms with Gasteiger partial charge >= 0.3 is 0 Å². The van der Waals surface area contributed by atoms with Crippen molar-refractivity contribution in [2.75, 3.05) is 10.6 Å². The number of ketones is 1. The Morgan fingerprint density at radius 3 is 2.88 bits per heavy atom. The number of hydrogen-bond acceptors (Lipinski definition) is 2. The highest BCUT2D eigenvalue weighted by Gasteiger charge is 2.16. The molecule has 1 heterocycles. The number of anilines is 1. The molecule has 0 unspecified atom stereocenters. The topological polar surface area (TPSA) is 46.2 Å². The number of halogens is 1. The third-order valence-corrected chi connectivity index (χ3v) is 3.51. The van der Waals surface area contributed by atoms with E-state index in [4.69, 9.17) is 0 Å². The Bertz CT molecular complexity index is 483. The van der Waals surface area contributed by atoms with E-state index in [-0.39, 0.29) is 11.7 Å². The number of carbonyl (C=O) groups is 2. The molecule has 1 amide bonds. The highest BCUT2D eigenvalue weighted by atomic mass is 79.9. The van der Waals surface area contributed by atoms with Gasteiger partial charge in [-0.05, 0) is 43.0 Å². The van der Waals surface area contributed by atoms with E-state index < -0.39 is 0 Å². The highest BCUT2D eigenvalue weighted by molar-refractivity contribution is 9.09. The minimum Gasteiger partial charge on any atom is -0.326 e. The summed E-state index contributed by atoms with van der Waals surface area (Å²) in [5.41, 5.74) is 3.58. The zero-order chi connectivity index (χ0) is 12.4. The molecule has 1 N–H and O–H groups in total. The summed E-state index contributed by atoms with van der Waals surface area (Å²) in [6.45, 7) is 1.90. The van der Waals surface area contributed by atoms with Gasteiger partial charge in [0.25, 0.3) is 0 Å². The van der Waals surface area contributed by atoms with Crippen molar-refractivity contribution in [3.05, 3.63) is 28.8 Å². The highest BCUT2D eigenvalue weighted by Crippen LogP contribution is 2.26. The van der Waals surface area contributed by atoms with E-state index in [1.165, 1.54) is 0 Å². The Hall–Kier alpha value is -1.16. The SMILES string of the molecule is Cc1cc2c(cc1C(=O)CBr)CCCC(=O)N2. The number of carbonyl (C=O) groups excluding carboxylic acids is 2. The van der Waals surface area contributed by atoms with Crippen molar-refractivity contribution in [2.45, 2.75) is 26.2 Å². The third-order valence-electron chi connectivity index (χ3n) is 3.00. The second-order valence-corrected chi connectivity index (χ2v) is 4.84. The molecule has 3 nitrogen and oxygen atoms in total. The van der Waals surface area contributed by atoms with Crippen LogP contribution in [0.25, 0.3) is 0 Å². The van der Waals surface area contributed by atoms with Crippen molar-refractivity contribution in [2.24, 2.45) is 0 Å². The number of fused-ring (bicyclic) bond motifs is 1. The van der Waals surface area contributed by atoms with Gasteiger partial charge in [-0.2, -0.15) is 0 Å². The summed E-state index contributed by atoms with van der Waals surface area (Å²) in [5.74, 6) is 0.142. The lowest BCUT2D eigenvalue weighted by Crippen LogP contribution is -2.10. The largest absolute Gasteiger partial charge is 0.326 e. The fraction of sp³-hybridized carbons (Fsp3) is 0.385. The predicted octanol–water partition coefficient (Wildman–Crippen LogP) is 2.85. The van der Waals surface area contributed by atoms with E-state index in [2.05, 4.69) is 21.2 Å². The number of amides is 1. The fourth-order valence-electron chi connectivity index (χ4n) is 2.10. The van der Waals surface area contributed by atoms with E-state index in [1.54, 1.807) is 0 Å². The van der Waals surface area contributed by atoms with Gasteiger partial charge in [0.15, 0.2) is 5.78 Å². The first-order valence-electron chi connectivity index (χ1n) is 5.64. The molecular weight excluding hydrogens is 282 g/mol. The molecule has 1 aromatic carbocycles. The lowest BCUT2D eigenvalue weighted by molar-refractivity contribution is -0.116. The van der Waals surface area contributed by atoms with Gasteiger partial charge < -0.3 is 5.32 Å². The average Bonchev–Trinajstić information content (AvgIpc) is 2.47. The maximum absolute atomic E-state index is 11.7. The first-order valence-corrected chi connectivity index (χ1v) is 6.76. The number of nitrogens with one attached hydrogen (secondary N) is 1. The normalized spacial score (nSPS) is 14.8. The predicted molar refractivity (Wildman–Crippen MR) is 70.9 cm³/mol. The van der Waals surface area contributed by atoms with Crippen LogP contribution in [0.2, 0.25) is 0 Å². The van der Waals surface area contributed by atoms with Gasteiger partial charge in [-0.1, -0.05) is 15.9 Å². The molecule has 1 aliphatic heterocycles. The van der Waals surface area contributed by atoms with Gasteiger partial charge in [0.1, 0.15) is 0 Å². The average molecular weight is 296 g/mol. The Morgan fingerprint density at radius 2 is 2.18 bits per heavy atom. The standard InChI is InChI=1S/C13H14BrNO2/c1-8-5-11-9(3-2-4-13(17)15-11)6-10(8)12(16)7-14/h5-6H,2-4,7H2,1H3,(H,15,17). The van der Waals surface area contributed by atoms with E-state index in [0.29, 0.717) is 11.8 Å². The quantitative estimate of drug-likeness (QED) is 0.674. The van der Waals surface area contributed by atoms with Gasteiger partial charge in [-0.3, -0.25) is 9.59 Å². The molecular formula is C13H14BrNO2. The molecule has 4 heteroatoms. The molecule has 0 aliphatic carbocycles. The molecule has 0 spiro atoms. The Kier molecular flexibility index (Phi) is 3.62. The smallest absolute Gasteiger partial charge is 0.224 e. The molecule has 1 aliphatic rings. The third kappa shape index (κ3) is 2.57. The number of Topliss-reactive ketones (excluding diaryl/α,β-unsaturated/α-hetero) is 1. The van der Waals surface area contributed by atoms with Crippen molar-refractivity contribution in [3.8, 4) is 0 Å². The Labute approximate surface area is 109 Å². The van der Waals surface area contributed by atoms with Crippen LogP contribution >= 0.6 is 15.9 Å². The lowest BCUT2D eigenvalue weighted by Gasteiger charge is -2.11. The van der Waals surface area contributed by atoms with Crippen LogP contribution in [-0.4, -0.2) is 17.0 Å². The van der Waals surface area contributed by atoms with Crippen molar-refractivity contribution in [3.63, 3.8) is 0 Å². The van der Waals surface area contributed by atoms with Crippen LogP contribution in [0.3, 0.4) is 0 Å². The first kappa shape index (κ1) is 12.3. The van der Waals surface area contributed by atoms with Crippen molar-refractivity contribution >= 4 is 33.3 Å². The van der Waals surface area contributed by atoms with Crippen LogP contribution in [0.5, 0.6) is 0 Å². The lowest BCUT2D eigenvalue weighted by atomic mass is 9.98. The minimum absolute atomic E-state index is 0.0581. The number of benzene rings is 1. The van der Waals surface area contributed by atoms with Crippen LogP contribution in [-0.2, 0) is 11.2 Å². The van der Waals surface area contributed by atoms with E-state index >= 15 is 0 Å². The second-order valence-electron chi connectivity index (χ2n) is 4.28. The van der Waals surface area contributed by atoms with E-state index in [1.807, 2.05) is 19.1 Å². The zero-order valence-electron chi connectivity index (χ0n) is 9.68. The van der Waals surface area contributed by atoms with Crippen molar-refractivity contribution < 1.29 is 9.59 Å². The van der Waals surface area contributed by atoms with Gasteiger partial charge in [-0.15, -0.1) is 0 Å². The van der Waals surface area contributed by atoms with Gasteiger partial charge in [0.05, 0.1) is 5.33 Å². The molecule has 0 bridgehead atoms. The minimum atomic E-state index is 0.0581. The Morgan fingerprint density at radius 1 is 1.41 bits per heavy atom. The molecule has 0 atom stereocenters. The monoisotopic (exact) mass is 295 g/mol. The molecule has 1 aromatic rings. The molecule has 0 radical (unpaired) electrons. The van der Waals surface area contributed by atoms with Crippen molar-refractivity contribution in [1.29, 1.82) is 0 Å². The molecule has 0 aromatic heterocycles. The van der Waals surface area contributed by atoms with E-state index in [9.17, 15) is 9.59 Å². The summed E-state index contributed by atoms with van der Waals surface area (Å²) >= 11 is 3.19. The molecule has 2 rings (SSSR count). The van der Waals surface area contributed by atoms with Gasteiger partial charge in [0, 0.05) is 17.7 Å². The second kappa shape index (κ2) is 5.00. The van der Waals surface area contributed by atoms with Crippen LogP contribution in [0.4, 0.5) is 5.69 Å². The number of rotatable bonds is 2. The number of aryl methyl sites for hydroxylation is 2. The van der Waals surface area contributed by atoms with Gasteiger partial charge in [0.2, 0.25) is 5.91 Å². The summed E-state index contributed by atoms with van der Waals surface area (Å²) in [7, 11) is 0. The summed E-state index contributed by atoms with van der Waals surface area (Å²) in [6, 6.07) is 3.81. The number of alkyl halides is 1. The maximum Gasteiger partial charge on any atom is 0.224 e. The fourth-order valence-corrected chi connectivity index (χ4v) is 2.40. The van der Waals surface area contributed by atoms with Crippen LogP contribution < -0.4 is 5.32 Å². The molecule has 90 valence electrons. The van der Waals surface area contributed by atoms with Crippen LogP contribution in [0.1, 0.15) is 34.3 Å². The van der Waals surface area contributed by atoms with Crippen molar-refractivity contribution in [1.82, 2.24) is 0 Å². The molecule has 0 fully saturated rings. The summed E-state index contributed by atoms with van der Waals surface area (Å²) < 4.78 is 0. The van der Waals surface area contributed by atoms with Gasteiger partial charge in [-0.25, -0.2) is 0 Å². The molecule has 0 saturated heterocycles. The molecule has 0 saturated carbocycles. The van der Waals surface area contributed by atoms with E-state index in [0.717, 1.165) is 35.2 Å². The molecule has 17 heavy (non-hydrogen) atoms. The summed E-state index contributed by atoms with van der Waals surface area (Å²) in [4.78, 5) is 23.2. The maximum atomic E-state index is 11.7. The Balaban J connectivity index is 2.45. The zero-order valence-corrected chi connectivity index (χ0v) is 11.3. The van der Waals surface area contributed by atoms with Crippen LogP contribution in [0, 0.1) is 6.92 Å². The first-order chi connectivity index (χ1) is 8.11. The summed E-state index contributed by atoms with van der Waals surface area (Å²) in [5, 5.41) is 3.22. The summed E-state index contributed by atoms with van der Waals surface area (Å²) in [6.07, 6.45) is 2.23.